The molecule has 3 N–H and O–H groups in total. The summed E-state index contributed by atoms with van der Waals surface area (Å²) in [6.07, 6.45) is 0.844. The zero-order valence-corrected chi connectivity index (χ0v) is 18.4. The standard InChI is InChI=1S/C27H23FN2O4/c1-15(22-13-29-24-12-16(28)10-11-21(22)24)25(26(31)32)30-27(33)34-14-23-19-8-4-2-6-17(19)18-7-3-5-9-20(18)23/h2-13,15,23,25,29H,14H2,1H3,(H,30,33)(H,31,32)/t15-,25+/m0/s1. The highest BCUT2D eigenvalue weighted by molar-refractivity contribution is 5.87. The van der Waals surface area contributed by atoms with Crippen molar-refractivity contribution in [2.45, 2.75) is 24.8 Å². The Morgan fingerprint density at radius 2 is 1.71 bits per heavy atom. The number of rotatable bonds is 6. The number of carbonyl (C=O) groups is 2. The predicted molar refractivity (Wildman–Crippen MR) is 126 cm³/mol. The zero-order valence-electron chi connectivity index (χ0n) is 18.4. The van der Waals surface area contributed by atoms with Crippen LogP contribution in [-0.4, -0.2) is 34.8 Å². The van der Waals surface area contributed by atoms with Gasteiger partial charge in [-0.3, -0.25) is 0 Å². The van der Waals surface area contributed by atoms with Crippen molar-refractivity contribution in [3.63, 3.8) is 0 Å². The van der Waals surface area contributed by atoms with Crippen molar-refractivity contribution in [3.8, 4) is 11.1 Å². The van der Waals surface area contributed by atoms with E-state index < -0.39 is 24.0 Å². The van der Waals surface area contributed by atoms with Crippen molar-refractivity contribution in [3.05, 3.63) is 95.4 Å². The van der Waals surface area contributed by atoms with E-state index in [1.54, 1.807) is 19.2 Å². The summed E-state index contributed by atoms with van der Waals surface area (Å²) in [5.74, 6) is -2.28. The van der Waals surface area contributed by atoms with Crippen molar-refractivity contribution >= 4 is 23.0 Å². The first-order chi connectivity index (χ1) is 16.4. The van der Waals surface area contributed by atoms with Crippen molar-refractivity contribution in [1.29, 1.82) is 0 Å². The van der Waals surface area contributed by atoms with Gasteiger partial charge in [0.05, 0.1) is 0 Å². The Labute approximate surface area is 195 Å². The molecule has 0 fully saturated rings. The first-order valence-electron chi connectivity index (χ1n) is 11.0. The van der Waals surface area contributed by atoms with Crippen LogP contribution in [-0.2, 0) is 9.53 Å². The second kappa shape index (κ2) is 8.67. The zero-order chi connectivity index (χ0) is 23.8. The molecule has 172 valence electrons. The quantitative estimate of drug-likeness (QED) is 0.361. The predicted octanol–water partition coefficient (Wildman–Crippen LogP) is 5.40. The second-order valence-electron chi connectivity index (χ2n) is 8.51. The van der Waals surface area contributed by atoms with Gasteiger partial charge in [0.1, 0.15) is 18.5 Å². The van der Waals surface area contributed by atoms with Crippen LogP contribution >= 0.6 is 0 Å². The Kier molecular flexibility index (Phi) is 5.53. The second-order valence-corrected chi connectivity index (χ2v) is 8.51. The highest BCUT2D eigenvalue weighted by atomic mass is 19.1. The summed E-state index contributed by atoms with van der Waals surface area (Å²) in [5.41, 5.74) is 5.60. The number of benzene rings is 3. The molecule has 0 saturated carbocycles. The first kappa shape index (κ1) is 21.7. The largest absolute Gasteiger partial charge is 0.480 e. The van der Waals surface area contributed by atoms with Crippen molar-refractivity contribution < 1.29 is 23.8 Å². The molecule has 3 aromatic carbocycles. The lowest BCUT2D eigenvalue weighted by Crippen LogP contribution is -2.44. The molecule has 7 heteroatoms. The molecule has 1 amide bonds. The first-order valence-corrected chi connectivity index (χ1v) is 11.0. The van der Waals surface area contributed by atoms with Crippen LogP contribution in [0, 0.1) is 5.82 Å². The maximum atomic E-state index is 13.5. The van der Waals surface area contributed by atoms with Crippen LogP contribution in [0.25, 0.3) is 22.0 Å². The molecule has 0 unspecified atom stereocenters. The molecule has 1 aliphatic rings. The number of H-pyrrole nitrogens is 1. The molecule has 0 spiro atoms. The van der Waals surface area contributed by atoms with Crippen LogP contribution in [0.3, 0.4) is 0 Å². The number of aromatic nitrogens is 1. The number of nitrogens with one attached hydrogen (secondary N) is 2. The third kappa shape index (κ3) is 3.79. The highest BCUT2D eigenvalue weighted by Crippen LogP contribution is 2.44. The summed E-state index contributed by atoms with van der Waals surface area (Å²) < 4.78 is 19.0. The fourth-order valence-electron chi connectivity index (χ4n) is 4.84. The maximum Gasteiger partial charge on any atom is 0.407 e. The van der Waals surface area contributed by atoms with Crippen LogP contribution in [0.5, 0.6) is 0 Å². The minimum atomic E-state index is -1.22. The molecule has 4 aromatic rings. The number of halogens is 1. The van der Waals surface area contributed by atoms with E-state index in [0.717, 1.165) is 22.3 Å². The van der Waals surface area contributed by atoms with Crippen LogP contribution in [0.15, 0.2) is 72.9 Å². The number of aliphatic carboxylic acids is 1. The van der Waals surface area contributed by atoms with E-state index in [1.807, 2.05) is 48.5 Å². The van der Waals surface area contributed by atoms with Gasteiger partial charge in [0.25, 0.3) is 0 Å². The Hall–Kier alpha value is -4.13. The van der Waals surface area contributed by atoms with Gasteiger partial charge in [0.15, 0.2) is 0 Å². The van der Waals surface area contributed by atoms with Gasteiger partial charge in [-0.2, -0.15) is 0 Å². The molecule has 6 nitrogen and oxygen atoms in total. The van der Waals surface area contributed by atoms with Gasteiger partial charge in [0, 0.05) is 28.9 Å². The van der Waals surface area contributed by atoms with Crippen LogP contribution in [0.1, 0.15) is 35.4 Å². The average Bonchev–Trinajstić information content (AvgIpc) is 3.39. The molecule has 0 bridgehead atoms. The number of amides is 1. The number of carbonyl (C=O) groups excluding carboxylic acids is 1. The number of carboxylic acids is 1. The van der Waals surface area contributed by atoms with E-state index in [4.69, 9.17) is 4.74 Å². The van der Waals surface area contributed by atoms with E-state index in [9.17, 15) is 19.1 Å². The molecular weight excluding hydrogens is 435 g/mol. The highest BCUT2D eigenvalue weighted by Gasteiger charge is 2.32. The van der Waals surface area contributed by atoms with Crippen LogP contribution in [0.2, 0.25) is 0 Å². The molecule has 34 heavy (non-hydrogen) atoms. The van der Waals surface area contributed by atoms with Crippen LogP contribution in [0.4, 0.5) is 9.18 Å². The number of hydrogen-bond acceptors (Lipinski definition) is 3. The van der Waals surface area contributed by atoms with Gasteiger partial charge in [-0.1, -0.05) is 55.5 Å². The third-order valence-electron chi connectivity index (χ3n) is 6.55. The summed E-state index contributed by atoms with van der Waals surface area (Å²) in [6.45, 7) is 1.79. The maximum absolute atomic E-state index is 13.5. The van der Waals surface area contributed by atoms with E-state index in [1.165, 1.54) is 12.1 Å². The molecule has 1 aromatic heterocycles. The van der Waals surface area contributed by atoms with Gasteiger partial charge in [-0.25, -0.2) is 14.0 Å². The topological polar surface area (TPSA) is 91.4 Å². The summed E-state index contributed by atoms with van der Waals surface area (Å²) >= 11 is 0. The molecule has 0 aliphatic heterocycles. The molecule has 1 aliphatic carbocycles. The SMILES string of the molecule is C[C@@H](c1c[nH]c2cc(F)ccc12)[C@@H](NC(=O)OCC1c2ccccc2-c2ccccc21)C(=O)O. The lowest BCUT2D eigenvalue weighted by Gasteiger charge is -2.22. The summed E-state index contributed by atoms with van der Waals surface area (Å²) in [5, 5.41) is 13.0. The Balaban J connectivity index is 1.31. The van der Waals surface area contributed by atoms with Crippen molar-refractivity contribution in [2.75, 3.05) is 6.61 Å². The minimum Gasteiger partial charge on any atom is -0.480 e. The molecule has 0 saturated heterocycles. The number of aromatic amines is 1. The lowest BCUT2D eigenvalue weighted by atomic mass is 9.93. The normalized spacial score (nSPS) is 14.3. The monoisotopic (exact) mass is 458 g/mol. The lowest BCUT2D eigenvalue weighted by molar-refractivity contribution is -0.139. The number of alkyl carbamates (subject to hydrolysis) is 1. The smallest absolute Gasteiger partial charge is 0.407 e. The van der Waals surface area contributed by atoms with Gasteiger partial charge in [0.2, 0.25) is 0 Å². The molecule has 0 radical (unpaired) electrons. The fraction of sp³-hybridized carbons (Fsp3) is 0.185. The van der Waals surface area contributed by atoms with E-state index in [-0.39, 0.29) is 18.3 Å². The Morgan fingerprint density at radius 1 is 1.06 bits per heavy atom. The van der Waals surface area contributed by atoms with Gasteiger partial charge in [-0.05, 0) is 46.0 Å². The van der Waals surface area contributed by atoms with E-state index in [0.29, 0.717) is 16.5 Å². The van der Waals surface area contributed by atoms with Gasteiger partial charge >= 0.3 is 12.1 Å². The number of hydrogen-bond donors (Lipinski definition) is 3. The Bertz CT molecular complexity index is 1350. The molecule has 2 atom stereocenters. The van der Waals surface area contributed by atoms with Gasteiger partial charge in [-0.15, -0.1) is 0 Å². The third-order valence-corrected chi connectivity index (χ3v) is 6.55. The summed E-state index contributed by atoms with van der Waals surface area (Å²) in [6, 6.07) is 19.0. The average molecular weight is 458 g/mol. The van der Waals surface area contributed by atoms with Crippen molar-refractivity contribution in [1.82, 2.24) is 10.3 Å². The molecule has 5 rings (SSSR count). The van der Waals surface area contributed by atoms with Crippen LogP contribution < -0.4 is 5.32 Å². The number of carboxylic acid groups (broad SMARTS) is 1. The molecule has 1 heterocycles. The van der Waals surface area contributed by atoms with Crippen molar-refractivity contribution in [2.24, 2.45) is 0 Å². The number of fused-ring (bicyclic) bond motifs is 4. The Morgan fingerprint density at radius 3 is 2.35 bits per heavy atom. The van der Waals surface area contributed by atoms with E-state index in [2.05, 4.69) is 10.3 Å². The number of ether oxygens (including phenoxy) is 1. The van der Waals surface area contributed by atoms with Gasteiger partial charge < -0.3 is 20.1 Å². The minimum absolute atomic E-state index is 0.0902. The summed E-state index contributed by atoms with van der Waals surface area (Å²) in [7, 11) is 0. The fourth-order valence-corrected chi connectivity index (χ4v) is 4.84. The summed E-state index contributed by atoms with van der Waals surface area (Å²) in [4.78, 5) is 27.6. The van der Waals surface area contributed by atoms with E-state index >= 15 is 0 Å². The molecular formula is C27H23FN2O4.